The van der Waals surface area contributed by atoms with Crippen LogP contribution in [-0.2, 0) is 11.3 Å². The van der Waals surface area contributed by atoms with E-state index in [4.69, 9.17) is 5.26 Å². The van der Waals surface area contributed by atoms with Crippen LogP contribution in [0.15, 0.2) is 24.3 Å². The molecule has 4 nitrogen and oxygen atoms in total. The van der Waals surface area contributed by atoms with Crippen molar-refractivity contribution in [3.63, 3.8) is 0 Å². The third-order valence-corrected chi connectivity index (χ3v) is 2.04. The summed E-state index contributed by atoms with van der Waals surface area (Å²) < 4.78 is 0. The Morgan fingerprint density at radius 1 is 1.50 bits per heavy atom. The number of hydrogen-bond donors (Lipinski definition) is 2. The summed E-state index contributed by atoms with van der Waals surface area (Å²) in [6, 6.07) is 9.40. The lowest BCUT2D eigenvalue weighted by Crippen LogP contribution is -2.33. The topological polar surface area (TPSA) is 64.9 Å². The molecule has 0 bridgehead atoms. The normalized spacial score (nSPS) is 9.50. The predicted molar refractivity (Wildman–Crippen MR) is 61.5 cm³/mol. The molecule has 16 heavy (non-hydrogen) atoms. The maximum atomic E-state index is 11.1. The van der Waals surface area contributed by atoms with Crippen molar-refractivity contribution in [3.8, 4) is 6.07 Å². The van der Waals surface area contributed by atoms with Gasteiger partial charge in [-0.1, -0.05) is 12.1 Å². The number of hydrogen-bond acceptors (Lipinski definition) is 3. The van der Waals surface area contributed by atoms with Gasteiger partial charge in [0.2, 0.25) is 5.91 Å². The van der Waals surface area contributed by atoms with E-state index in [0.29, 0.717) is 25.2 Å². The number of carbonyl (C=O) groups is 1. The van der Waals surface area contributed by atoms with Gasteiger partial charge in [0.25, 0.3) is 0 Å². The second-order valence-electron chi connectivity index (χ2n) is 3.37. The fourth-order valence-electron chi connectivity index (χ4n) is 1.33. The molecule has 1 aromatic rings. The summed E-state index contributed by atoms with van der Waals surface area (Å²) in [4.78, 5) is 11.1. The number of likely N-dealkylation sites (N-methyl/N-ethyl adjacent to an activating group) is 1. The zero-order chi connectivity index (χ0) is 11.8. The van der Waals surface area contributed by atoms with Gasteiger partial charge in [-0.2, -0.15) is 5.26 Å². The minimum absolute atomic E-state index is 0.0149. The van der Waals surface area contributed by atoms with Crippen molar-refractivity contribution in [1.29, 1.82) is 5.26 Å². The van der Waals surface area contributed by atoms with Crippen LogP contribution in [0.5, 0.6) is 0 Å². The van der Waals surface area contributed by atoms with E-state index in [1.54, 1.807) is 6.07 Å². The summed E-state index contributed by atoms with van der Waals surface area (Å²) >= 11 is 0. The molecule has 0 aliphatic rings. The highest BCUT2D eigenvalue weighted by atomic mass is 16.1. The summed E-state index contributed by atoms with van der Waals surface area (Å²) in [5.41, 5.74) is 1.64. The molecule has 0 atom stereocenters. The molecule has 1 aromatic carbocycles. The van der Waals surface area contributed by atoms with Gasteiger partial charge in [-0.15, -0.1) is 0 Å². The summed E-state index contributed by atoms with van der Waals surface area (Å²) in [5.74, 6) is -0.0149. The monoisotopic (exact) mass is 217 g/mol. The lowest BCUT2D eigenvalue weighted by Gasteiger charge is -2.05. The van der Waals surface area contributed by atoms with Crippen LogP contribution in [0.4, 0.5) is 0 Å². The summed E-state index contributed by atoms with van der Waals surface area (Å²) in [5, 5.41) is 14.4. The smallest absolute Gasteiger partial charge is 0.233 e. The van der Waals surface area contributed by atoms with Gasteiger partial charge in [-0.25, -0.2) is 0 Å². The van der Waals surface area contributed by atoms with E-state index in [1.165, 1.54) is 0 Å². The van der Waals surface area contributed by atoms with Crippen LogP contribution in [0.1, 0.15) is 18.1 Å². The largest absolute Gasteiger partial charge is 0.355 e. The Morgan fingerprint density at radius 3 is 3.00 bits per heavy atom. The summed E-state index contributed by atoms with van der Waals surface area (Å²) in [6.45, 7) is 3.41. The van der Waals surface area contributed by atoms with Crippen LogP contribution < -0.4 is 10.6 Å². The van der Waals surface area contributed by atoms with Gasteiger partial charge in [0, 0.05) is 13.1 Å². The van der Waals surface area contributed by atoms with E-state index in [1.807, 2.05) is 25.1 Å². The first-order chi connectivity index (χ1) is 7.76. The average molecular weight is 217 g/mol. The Morgan fingerprint density at radius 2 is 2.31 bits per heavy atom. The second-order valence-corrected chi connectivity index (χ2v) is 3.37. The Hall–Kier alpha value is -1.86. The number of nitrogens with zero attached hydrogens (tertiary/aromatic N) is 1. The third-order valence-electron chi connectivity index (χ3n) is 2.04. The SMILES string of the molecule is CCNC(=O)CNCc1cccc(C#N)c1. The van der Waals surface area contributed by atoms with Crippen molar-refractivity contribution in [2.75, 3.05) is 13.1 Å². The molecule has 0 unspecified atom stereocenters. The van der Waals surface area contributed by atoms with Crippen LogP contribution in [0.3, 0.4) is 0 Å². The van der Waals surface area contributed by atoms with Gasteiger partial charge < -0.3 is 10.6 Å². The van der Waals surface area contributed by atoms with Gasteiger partial charge in [0.1, 0.15) is 0 Å². The zero-order valence-electron chi connectivity index (χ0n) is 9.29. The quantitative estimate of drug-likeness (QED) is 0.766. The van der Waals surface area contributed by atoms with Gasteiger partial charge in [0.15, 0.2) is 0 Å². The summed E-state index contributed by atoms with van der Waals surface area (Å²) in [6.07, 6.45) is 0. The lowest BCUT2D eigenvalue weighted by atomic mass is 10.1. The van der Waals surface area contributed by atoms with Crippen LogP contribution >= 0.6 is 0 Å². The molecule has 2 N–H and O–H groups in total. The van der Waals surface area contributed by atoms with E-state index in [9.17, 15) is 4.79 Å². The van der Waals surface area contributed by atoms with E-state index in [0.717, 1.165) is 5.56 Å². The minimum Gasteiger partial charge on any atom is -0.355 e. The highest BCUT2D eigenvalue weighted by molar-refractivity contribution is 5.77. The molecule has 1 rings (SSSR count). The van der Waals surface area contributed by atoms with E-state index in [-0.39, 0.29) is 5.91 Å². The van der Waals surface area contributed by atoms with Crippen molar-refractivity contribution in [3.05, 3.63) is 35.4 Å². The zero-order valence-corrected chi connectivity index (χ0v) is 9.29. The molecule has 0 heterocycles. The number of rotatable bonds is 5. The van der Waals surface area contributed by atoms with Crippen LogP contribution in [0.25, 0.3) is 0 Å². The first-order valence-electron chi connectivity index (χ1n) is 5.22. The Kier molecular flexibility index (Phi) is 5.03. The number of benzene rings is 1. The minimum atomic E-state index is -0.0149. The lowest BCUT2D eigenvalue weighted by molar-refractivity contribution is -0.120. The highest BCUT2D eigenvalue weighted by Crippen LogP contribution is 2.03. The van der Waals surface area contributed by atoms with Crippen molar-refractivity contribution >= 4 is 5.91 Å². The van der Waals surface area contributed by atoms with Gasteiger partial charge in [-0.3, -0.25) is 4.79 Å². The first kappa shape index (κ1) is 12.2. The van der Waals surface area contributed by atoms with Gasteiger partial charge >= 0.3 is 0 Å². The maximum absolute atomic E-state index is 11.1. The maximum Gasteiger partial charge on any atom is 0.233 e. The van der Waals surface area contributed by atoms with Crippen LogP contribution in [0, 0.1) is 11.3 Å². The highest BCUT2D eigenvalue weighted by Gasteiger charge is 1.99. The predicted octanol–water partition coefficient (Wildman–Crippen LogP) is 0.784. The number of amides is 1. The Bertz CT molecular complexity index is 395. The molecule has 0 spiro atoms. The van der Waals surface area contributed by atoms with E-state index < -0.39 is 0 Å². The average Bonchev–Trinajstić information content (AvgIpc) is 2.30. The van der Waals surface area contributed by atoms with Gasteiger partial charge in [-0.05, 0) is 24.6 Å². The number of nitriles is 1. The molecule has 4 heteroatoms. The van der Waals surface area contributed by atoms with Crippen LogP contribution in [-0.4, -0.2) is 19.0 Å². The van der Waals surface area contributed by atoms with Gasteiger partial charge in [0.05, 0.1) is 18.2 Å². The molecular formula is C12H15N3O. The second kappa shape index (κ2) is 6.59. The van der Waals surface area contributed by atoms with Crippen molar-refractivity contribution < 1.29 is 4.79 Å². The molecular weight excluding hydrogens is 202 g/mol. The molecule has 0 saturated carbocycles. The van der Waals surface area contributed by atoms with Crippen LogP contribution in [0.2, 0.25) is 0 Å². The summed E-state index contributed by atoms with van der Waals surface area (Å²) in [7, 11) is 0. The Balaban J connectivity index is 2.37. The van der Waals surface area contributed by atoms with E-state index in [2.05, 4.69) is 16.7 Å². The molecule has 84 valence electrons. The fraction of sp³-hybridized carbons (Fsp3) is 0.333. The number of nitrogens with one attached hydrogen (secondary N) is 2. The molecule has 0 fully saturated rings. The fourth-order valence-corrected chi connectivity index (χ4v) is 1.33. The van der Waals surface area contributed by atoms with Crippen molar-refractivity contribution in [2.45, 2.75) is 13.5 Å². The van der Waals surface area contributed by atoms with Crippen molar-refractivity contribution in [1.82, 2.24) is 10.6 Å². The molecule has 0 aromatic heterocycles. The standard InChI is InChI=1S/C12H15N3O/c1-2-15-12(16)9-14-8-11-5-3-4-10(6-11)7-13/h3-6,14H,2,8-9H2,1H3,(H,15,16). The van der Waals surface area contributed by atoms with Crippen molar-refractivity contribution in [2.24, 2.45) is 0 Å². The first-order valence-corrected chi connectivity index (χ1v) is 5.22. The molecule has 1 amide bonds. The number of carbonyl (C=O) groups excluding carboxylic acids is 1. The van der Waals surface area contributed by atoms with E-state index >= 15 is 0 Å². The molecule has 0 saturated heterocycles. The molecule has 0 radical (unpaired) electrons. The molecule has 0 aliphatic carbocycles. The molecule has 0 aliphatic heterocycles. The third kappa shape index (κ3) is 4.11. The Labute approximate surface area is 95.3 Å².